The minimum Gasteiger partial charge on any atom is -0.378 e. The van der Waals surface area contributed by atoms with Crippen molar-refractivity contribution < 1.29 is 21.6 Å². The van der Waals surface area contributed by atoms with Crippen LogP contribution in [0.1, 0.15) is 40.8 Å². The van der Waals surface area contributed by atoms with Crippen LogP contribution in [0, 0.1) is 19.8 Å². The van der Waals surface area contributed by atoms with Crippen molar-refractivity contribution in [1.29, 1.82) is 0 Å². The van der Waals surface area contributed by atoms with Gasteiger partial charge in [-0.1, -0.05) is 18.2 Å². The minimum atomic E-state index is -3.78. The van der Waals surface area contributed by atoms with Gasteiger partial charge >= 0.3 is 0 Å². The van der Waals surface area contributed by atoms with Gasteiger partial charge in [0.15, 0.2) is 9.84 Å². The van der Waals surface area contributed by atoms with Crippen LogP contribution in [0.4, 0.5) is 11.4 Å². The Morgan fingerprint density at radius 1 is 0.886 bits per heavy atom. The van der Waals surface area contributed by atoms with Crippen LogP contribution in [0.3, 0.4) is 0 Å². The summed E-state index contributed by atoms with van der Waals surface area (Å²) in [6.07, 6.45) is 1.76. The maximum Gasteiger partial charge on any atom is 0.261 e. The quantitative estimate of drug-likeness (QED) is 0.512. The summed E-state index contributed by atoms with van der Waals surface area (Å²) in [6.45, 7) is 4.50. The number of benzene rings is 3. The van der Waals surface area contributed by atoms with Gasteiger partial charge in [0.25, 0.3) is 10.0 Å². The topological polar surface area (TPSA) is 102 Å². The molecule has 0 saturated carbocycles. The summed E-state index contributed by atoms with van der Waals surface area (Å²) in [5.74, 6) is 0.0947. The molecule has 0 spiro atoms. The number of aryl methyl sites for hydroxylation is 2. The Balaban J connectivity index is 1.45. The molecular formula is C26H28N2O5S2. The summed E-state index contributed by atoms with van der Waals surface area (Å²) < 4.78 is 58.7. The molecule has 184 valence electrons. The van der Waals surface area contributed by atoms with E-state index >= 15 is 0 Å². The highest BCUT2D eigenvalue weighted by molar-refractivity contribution is 7.92. The van der Waals surface area contributed by atoms with E-state index in [0.717, 1.165) is 34.4 Å². The molecule has 1 fully saturated rings. The number of hydrogen-bond donors (Lipinski definition) is 2. The zero-order valence-electron chi connectivity index (χ0n) is 19.8. The average Bonchev–Trinajstić information content (AvgIpc) is 3.30. The third kappa shape index (κ3) is 4.55. The first kappa shape index (κ1) is 23.8. The molecule has 35 heavy (non-hydrogen) atoms. The molecule has 1 saturated heterocycles. The number of sulfonamides is 1. The van der Waals surface area contributed by atoms with Gasteiger partial charge in [-0.25, -0.2) is 16.8 Å². The normalized spacial score (nSPS) is 21.6. The maximum atomic E-state index is 13.2. The third-order valence-electron chi connectivity index (χ3n) is 6.94. The Labute approximate surface area is 206 Å². The minimum absolute atomic E-state index is 0.0697. The lowest BCUT2D eigenvalue weighted by Crippen LogP contribution is -2.29. The second kappa shape index (κ2) is 8.65. The first-order chi connectivity index (χ1) is 16.5. The highest BCUT2D eigenvalue weighted by atomic mass is 32.2. The number of anilines is 2. The molecule has 1 unspecified atom stereocenters. The molecule has 0 radical (unpaired) electrons. The zero-order valence-corrected chi connectivity index (χ0v) is 21.4. The van der Waals surface area contributed by atoms with Crippen LogP contribution >= 0.6 is 0 Å². The van der Waals surface area contributed by atoms with Crippen LogP contribution in [0.25, 0.3) is 0 Å². The van der Waals surface area contributed by atoms with E-state index in [1.807, 2.05) is 38.1 Å². The van der Waals surface area contributed by atoms with Crippen molar-refractivity contribution in [3.63, 3.8) is 0 Å². The van der Waals surface area contributed by atoms with Gasteiger partial charge in [0.05, 0.1) is 21.9 Å². The van der Waals surface area contributed by atoms with Crippen LogP contribution in [0.5, 0.6) is 0 Å². The highest BCUT2D eigenvalue weighted by Crippen LogP contribution is 2.50. The second-order valence-corrected chi connectivity index (χ2v) is 13.1. The van der Waals surface area contributed by atoms with Crippen molar-refractivity contribution in [2.45, 2.75) is 42.2 Å². The van der Waals surface area contributed by atoms with E-state index in [2.05, 4.69) is 10.0 Å². The Morgan fingerprint density at radius 2 is 1.60 bits per heavy atom. The maximum absolute atomic E-state index is 13.2. The lowest BCUT2D eigenvalue weighted by atomic mass is 9.81. The fourth-order valence-corrected chi connectivity index (χ4v) is 6.60. The molecule has 2 heterocycles. The number of fused-ring (bicyclic) bond motifs is 3. The second-order valence-electron chi connectivity index (χ2n) is 9.36. The molecule has 0 aliphatic carbocycles. The first-order valence-electron chi connectivity index (χ1n) is 11.5. The van der Waals surface area contributed by atoms with E-state index in [1.165, 1.54) is 6.26 Å². The van der Waals surface area contributed by atoms with E-state index < -0.39 is 19.9 Å². The smallest absolute Gasteiger partial charge is 0.261 e. The van der Waals surface area contributed by atoms with E-state index in [0.29, 0.717) is 12.3 Å². The number of ether oxygens (including phenoxy) is 1. The summed E-state index contributed by atoms with van der Waals surface area (Å²) in [7, 11) is -7.05. The molecule has 2 aliphatic rings. The van der Waals surface area contributed by atoms with Gasteiger partial charge in [0, 0.05) is 35.7 Å². The fraction of sp³-hybridized carbons (Fsp3) is 0.308. The standard InChI is InChI=1S/C26H28N2O5S2/c1-16-4-7-19(14-17(16)2)28-35(31,32)21-10-11-24-23(15-21)26-22(12-13-33-26)25(27-24)18-5-8-20(9-6-18)34(3,29)30/h4-11,14-15,22,25-28H,12-13H2,1-3H3/t22-,25?,26-/m0/s1. The van der Waals surface area contributed by atoms with Gasteiger partial charge in [-0.2, -0.15) is 0 Å². The largest absolute Gasteiger partial charge is 0.378 e. The molecule has 2 N–H and O–H groups in total. The SMILES string of the molecule is Cc1ccc(NS(=O)(=O)c2ccc3c(c2)[C@H]2OCC[C@H]2C(c2ccc(S(C)(=O)=O)cc2)N3)cc1C. The predicted molar refractivity (Wildman–Crippen MR) is 136 cm³/mol. The molecule has 7 nitrogen and oxygen atoms in total. The molecule has 2 aliphatic heterocycles. The third-order valence-corrected chi connectivity index (χ3v) is 9.45. The molecule has 0 aromatic heterocycles. The Morgan fingerprint density at radius 3 is 2.29 bits per heavy atom. The predicted octanol–water partition coefficient (Wildman–Crippen LogP) is 4.75. The zero-order chi connectivity index (χ0) is 25.0. The number of rotatable bonds is 5. The van der Waals surface area contributed by atoms with Crippen LogP contribution in [0.2, 0.25) is 0 Å². The van der Waals surface area contributed by atoms with E-state index in [1.54, 1.807) is 36.4 Å². The lowest BCUT2D eigenvalue weighted by Gasteiger charge is -2.36. The molecule has 0 amide bonds. The van der Waals surface area contributed by atoms with Crippen LogP contribution in [-0.4, -0.2) is 29.7 Å². The molecule has 3 aromatic rings. The van der Waals surface area contributed by atoms with Crippen molar-refractivity contribution in [1.82, 2.24) is 0 Å². The molecular weight excluding hydrogens is 484 g/mol. The van der Waals surface area contributed by atoms with Crippen molar-refractivity contribution in [2.24, 2.45) is 5.92 Å². The monoisotopic (exact) mass is 512 g/mol. The first-order valence-corrected chi connectivity index (χ1v) is 14.8. The summed E-state index contributed by atoms with van der Waals surface area (Å²) in [4.78, 5) is 0.462. The molecule has 9 heteroatoms. The Bertz CT molecular complexity index is 1500. The van der Waals surface area contributed by atoms with Crippen molar-refractivity contribution >= 4 is 31.2 Å². The van der Waals surface area contributed by atoms with Crippen molar-refractivity contribution in [2.75, 3.05) is 22.9 Å². The van der Waals surface area contributed by atoms with Crippen molar-refractivity contribution in [3.8, 4) is 0 Å². The number of nitrogens with one attached hydrogen (secondary N) is 2. The Kier molecular flexibility index (Phi) is 5.89. The van der Waals surface area contributed by atoms with Crippen LogP contribution < -0.4 is 10.0 Å². The molecule has 3 aromatic carbocycles. The lowest BCUT2D eigenvalue weighted by molar-refractivity contribution is 0.0827. The van der Waals surface area contributed by atoms with Crippen LogP contribution in [0.15, 0.2) is 70.5 Å². The summed E-state index contributed by atoms with van der Waals surface area (Å²) in [5.41, 5.74) is 5.23. The van der Waals surface area contributed by atoms with E-state index in [9.17, 15) is 16.8 Å². The summed E-state index contributed by atoms with van der Waals surface area (Å²) >= 11 is 0. The highest BCUT2D eigenvalue weighted by Gasteiger charge is 2.42. The van der Waals surface area contributed by atoms with Crippen molar-refractivity contribution in [3.05, 3.63) is 82.9 Å². The van der Waals surface area contributed by atoms with Gasteiger partial charge in [-0.05, 0) is 79.4 Å². The number of hydrogen-bond acceptors (Lipinski definition) is 6. The summed E-state index contributed by atoms with van der Waals surface area (Å²) in [6, 6.07) is 17.4. The van der Waals surface area contributed by atoms with Gasteiger partial charge in [0.2, 0.25) is 0 Å². The van der Waals surface area contributed by atoms with Crippen LogP contribution in [-0.2, 0) is 24.6 Å². The molecule has 3 atom stereocenters. The molecule has 5 rings (SSSR count). The number of sulfone groups is 1. The van der Waals surface area contributed by atoms with E-state index in [4.69, 9.17) is 4.74 Å². The Hall–Kier alpha value is -2.88. The molecule has 0 bridgehead atoms. The van der Waals surface area contributed by atoms with Gasteiger partial charge in [-0.3, -0.25) is 4.72 Å². The fourth-order valence-electron chi connectivity index (χ4n) is 4.89. The van der Waals surface area contributed by atoms with E-state index in [-0.39, 0.29) is 27.9 Å². The average molecular weight is 513 g/mol. The van der Waals surface area contributed by atoms with Gasteiger partial charge in [-0.15, -0.1) is 0 Å². The van der Waals surface area contributed by atoms with Gasteiger partial charge < -0.3 is 10.1 Å². The summed E-state index contributed by atoms with van der Waals surface area (Å²) in [5, 5.41) is 3.54. The van der Waals surface area contributed by atoms with Gasteiger partial charge in [0.1, 0.15) is 0 Å².